The van der Waals surface area contributed by atoms with Crippen LogP contribution in [0, 0.1) is 0 Å². The smallest absolute Gasteiger partial charge is 0.266 e. The summed E-state index contributed by atoms with van der Waals surface area (Å²) in [5.74, 6) is -0.470. The Bertz CT molecular complexity index is 1900. The Morgan fingerprint density at radius 2 is 1.55 bits per heavy atom. The van der Waals surface area contributed by atoms with E-state index in [1.807, 2.05) is 85.8 Å². The molecule has 7 nitrogen and oxygen atoms in total. The van der Waals surface area contributed by atoms with Crippen molar-refractivity contribution in [1.82, 2.24) is 10.5 Å². The maximum atomic E-state index is 12.4. The molecule has 0 aliphatic heterocycles. The molecule has 0 spiro atoms. The van der Waals surface area contributed by atoms with Gasteiger partial charge in [0.05, 0.1) is 11.4 Å². The second-order valence-electron chi connectivity index (χ2n) is 10.6. The first-order chi connectivity index (χ1) is 21.1. The molecule has 0 bridgehead atoms. The zero-order valence-corrected chi connectivity index (χ0v) is 25.6. The maximum absolute atomic E-state index is 12.4. The van der Waals surface area contributed by atoms with Crippen LogP contribution in [-0.2, 0) is 16.5 Å². The van der Waals surface area contributed by atoms with E-state index in [0.29, 0.717) is 22.8 Å². The molecule has 1 heterocycles. The summed E-state index contributed by atoms with van der Waals surface area (Å²) in [5.41, 5.74) is 8.11. The van der Waals surface area contributed by atoms with Gasteiger partial charge in [0.2, 0.25) is 0 Å². The topological polar surface area (TPSA) is 110 Å². The van der Waals surface area contributed by atoms with Gasteiger partial charge in [-0.1, -0.05) is 95.6 Å². The van der Waals surface area contributed by atoms with Crippen molar-refractivity contribution in [3.63, 3.8) is 0 Å². The Morgan fingerprint density at radius 3 is 2.20 bits per heavy atom. The highest BCUT2D eigenvalue weighted by atomic mass is 35.5. The number of carbonyl (C=O) groups is 1. The number of amides is 1. The first kappa shape index (κ1) is 30.9. The summed E-state index contributed by atoms with van der Waals surface area (Å²) in [7, 11) is -4.15. The number of carbonyl (C=O) groups excluding carboxylic acids is 1. The normalized spacial score (nSPS) is 12.1. The van der Waals surface area contributed by atoms with Crippen LogP contribution in [0.3, 0.4) is 0 Å². The van der Waals surface area contributed by atoms with Crippen molar-refractivity contribution in [2.24, 2.45) is 0 Å². The fourth-order valence-corrected chi connectivity index (χ4v) is 5.48. The third-order valence-electron chi connectivity index (χ3n) is 7.30. The van der Waals surface area contributed by atoms with E-state index in [-0.39, 0.29) is 12.5 Å². The van der Waals surface area contributed by atoms with E-state index in [1.54, 1.807) is 12.1 Å². The van der Waals surface area contributed by atoms with Gasteiger partial charge in [0.25, 0.3) is 16.0 Å². The maximum Gasteiger partial charge on any atom is 0.266 e. The molecular formula is C35H31ClN2O5S. The highest BCUT2D eigenvalue weighted by Gasteiger charge is 2.21. The van der Waals surface area contributed by atoms with E-state index in [2.05, 4.69) is 29.2 Å². The Kier molecular flexibility index (Phi) is 9.44. The van der Waals surface area contributed by atoms with Crippen molar-refractivity contribution in [2.75, 3.05) is 12.3 Å². The van der Waals surface area contributed by atoms with Crippen molar-refractivity contribution in [1.29, 1.82) is 0 Å². The molecule has 1 amide bonds. The fraction of sp³-hybridized carbons (Fsp3) is 0.143. The van der Waals surface area contributed by atoms with E-state index in [9.17, 15) is 13.2 Å². The standard InChI is InChI=1S/C35H31ClN2O5S/c1-23(2)25-13-15-26(16-14-25)32(19-24-9-11-27(12-10-24)35(39)37-17-18-44(40,41)42)33-22-34(43-38-33)30-7-3-5-28(20-30)29-6-4-8-31(36)21-29/h3-16,20-22,32H,1,17-19H2,2H3,(H,37,39)(H,40,41,42). The first-order valence-electron chi connectivity index (χ1n) is 14.0. The molecular weight excluding hydrogens is 596 g/mol. The fourth-order valence-electron chi connectivity index (χ4n) is 4.93. The van der Waals surface area contributed by atoms with Crippen molar-refractivity contribution in [2.45, 2.75) is 19.3 Å². The van der Waals surface area contributed by atoms with E-state index < -0.39 is 21.8 Å². The zero-order chi connectivity index (χ0) is 31.3. The summed E-state index contributed by atoms with van der Waals surface area (Å²) >= 11 is 6.22. The molecule has 0 aliphatic rings. The third kappa shape index (κ3) is 7.90. The summed E-state index contributed by atoms with van der Waals surface area (Å²) < 4.78 is 36.6. The number of hydrogen-bond acceptors (Lipinski definition) is 5. The molecule has 4 aromatic carbocycles. The predicted octanol–water partition coefficient (Wildman–Crippen LogP) is 7.69. The van der Waals surface area contributed by atoms with Gasteiger partial charge in [-0.05, 0) is 71.5 Å². The quantitative estimate of drug-likeness (QED) is 0.146. The number of nitrogens with one attached hydrogen (secondary N) is 1. The second kappa shape index (κ2) is 13.4. The minimum Gasteiger partial charge on any atom is -0.356 e. The summed E-state index contributed by atoms with van der Waals surface area (Å²) in [4.78, 5) is 12.4. The Morgan fingerprint density at radius 1 is 0.909 bits per heavy atom. The summed E-state index contributed by atoms with van der Waals surface area (Å²) in [6.45, 7) is 5.82. The molecule has 2 N–H and O–H groups in total. The summed E-state index contributed by atoms with van der Waals surface area (Å²) in [5, 5.41) is 7.66. The average Bonchev–Trinajstić information content (AvgIpc) is 3.50. The lowest BCUT2D eigenvalue weighted by atomic mass is 9.88. The molecule has 0 saturated carbocycles. The lowest BCUT2D eigenvalue weighted by molar-refractivity contribution is 0.0956. The van der Waals surface area contributed by atoms with E-state index in [4.69, 9.17) is 20.7 Å². The summed E-state index contributed by atoms with van der Waals surface area (Å²) in [6, 6.07) is 33.0. The SMILES string of the molecule is C=C(C)c1ccc(C(Cc2ccc(C(=O)NCCS(=O)(=O)O)cc2)c2cc(-c3cccc(-c4cccc(Cl)c4)c3)on2)cc1. The molecule has 1 unspecified atom stereocenters. The molecule has 44 heavy (non-hydrogen) atoms. The second-order valence-corrected chi connectivity index (χ2v) is 12.6. The molecule has 5 rings (SSSR count). The Hall–Kier alpha value is -4.50. The monoisotopic (exact) mass is 626 g/mol. The van der Waals surface area contributed by atoms with Crippen LogP contribution in [0.1, 0.15) is 45.6 Å². The molecule has 0 radical (unpaired) electrons. The molecule has 1 aromatic heterocycles. The van der Waals surface area contributed by atoms with Crippen molar-refractivity contribution in [3.05, 3.63) is 143 Å². The van der Waals surface area contributed by atoms with Crippen LogP contribution in [0.25, 0.3) is 28.0 Å². The molecule has 0 fully saturated rings. The summed E-state index contributed by atoms with van der Waals surface area (Å²) in [6.07, 6.45) is 0.589. The van der Waals surface area contributed by atoms with Gasteiger partial charge in [-0.15, -0.1) is 0 Å². The van der Waals surface area contributed by atoms with Crippen LogP contribution in [0.2, 0.25) is 5.02 Å². The number of rotatable bonds is 11. The van der Waals surface area contributed by atoms with Crippen LogP contribution >= 0.6 is 11.6 Å². The number of halogens is 1. The van der Waals surface area contributed by atoms with E-state index in [1.165, 1.54) is 0 Å². The van der Waals surface area contributed by atoms with Gasteiger partial charge in [0.1, 0.15) is 0 Å². The molecule has 0 saturated heterocycles. The molecule has 9 heteroatoms. The Balaban J connectivity index is 1.41. The van der Waals surface area contributed by atoms with E-state index >= 15 is 0 Å². The number of nitrogens with zero attached hydrogens (tertiary/aromatic N) is 1. The minimum atomic E-state index is -4.15. The highest BCUT2D eigenvalue weighted by molar-refractivity contribution is 7.85. The molecule has 0 aliphatic carbocycles. The van der Waals surface area contributed by atoms with Gasteiger partial charge in [0.15, 0.2) is 5.76 Å². The van der Waals surface area contributed by atoms with Gasteiger partial charge in [0, 0.05) is 34.7 Å². The number of benzene rings is 4. The Labute approximate surface area is 261 Å². The highest BCUT2D eigenvalue weighted by Crippen LogP contribution is 2.33. The minimum absolute atomic E-state index is 0.141. The van der Waals surface area contributed by atoms with Gasteiger partial charge in [-0.25, -0.2) is 0 Å². The van der Waals surface area contributed by atoms with Crippen LogP contribution in [0.4, 0.5) is 0 Å². The number of aromatic nitrogens is 1. The van der Waals surface area contributed by atoms with Gasteiger partial charge in [-0.2, -0.15) is 8.42 Å². The van der Waals surface area contributed by atoms with Gasteiger partial charge in [-0.3, -0.25) is 9.35 Å². The van der Waals surface area contributed by atoms with Gasteiger partial charge < -0.3 is 9.84 Å². The first-order valence-corrected chi connectivity index (χ1v) is 16.0. The van der Waals surface area contributed by atoms with Crippen molar-refractivity contribution < 1.29 is 22.3 Å². The zero-order valence-electron chi connectivity index (χ0n) is 24.0. The van der Waals surface area contributed by atoms with Crippen molar-refractivity contribution in [3.8, 4) is 22.5 Å². The lowest BCUT2D eigenvalue weighted by Crippen LogP contribution is -2.28. The van der Waals surface area contributed by atoms with Crippen molar-refractivity contribution >= 4 is 33.2 Å². The van der Waals surface area contributed by atoms with Crippen LogP contribution in [0.5, 0.6) is 0 Å². The molecule has 224 valence electrons. The van der Waals surface area contributed by atoms with Crippen LogP contribution in [-0.4, -0.2) is 36.3 Å². The molecule has 5 aromatic rings. The predicted molar refractivity (Wildman–Crippen MR) is 174 cm³/mol. The van der Waals surface area contributed by atoms with Crippen LogP contribution in [0.15, 0.2) is 114 Å². The average molecular weight is 627 g/mol. The number of allylic oxidation sites excluding steroid dienone is 1. The lowest BCUT2D eigenvalue weighted by Gasteiger charge is -2.16. The largest absolute Gasteiger partial charge is 0.356 e. The number of hydrogen-bond donors (Lipinski definition) is 2. The van der Waals surface area contributed by atoms with E-state index in [0.717, 1.165) is 44.6 Å². The molecule has 1 atom stereocenters. The third-order valence-corrected chi connectivity index (χ3v) is 8.25. The van der Waals surface area contributed by atoms with Gasteiger partial charge >= 0.3 is 0 Å². The van der Waals surface area contributed by atoms with Crippen LogP contribution < -0.4 is 5.32 Å².